The van der Waals surface area contributed by atoms with E-state index in [1.807, 2.05) is 37.3 Å². The number of anilines is 2. The van der Waals surface area contributed by atoms with Crippen molar-refractivity contribution in [1.29, 1.82) is 0 Å². The number of imidazole rings is 1. The zero-order valence-electron chi connectivity index (χ0n) is 14.1. The van der Waals surface area contributed by atoms with E-state index in [4.69, 9.17) is 0 Å². The van der Waals surface area contributed by atoms with Crippen molar-refractivity contribution in [2.75, 3.05) is 5.32 Å². The number of nitrogens with one attached hydrogen (secondary N) is 1. The van der Waals surface area contributed by atoms with Crippen molar-refractivity contribution in [3.8, 4) is 0 Å². The standard InChI is InChI=1S/C18H17N5O.ClH/c1-11-5-4-6-12(7-11)21-17-13-8-15-16(9-14(13)19-10-20-17)23(3)18(24)22(15)2;/h4-10H,1-3H3,(H,19,20,21);1H. The molecule has 2 aromatic carbocycles. The first-order valence-corrected chi connectivity index (χ1v) is 7.68. The lowest BCUT2D eigenvalue weighted by Crippen LogP contribution is -2.19. The van der Waals surface area contributed by atoms with Gasteiger partial charge < -0.3 is 5.32 Å². The second-order valence-electron chi connectivity index (χ2n) is 5.98. The molecular formula is C18H18ClN5O. The molecule has 128 valence electrons. The minimum absolute atomic E-state index is 0. The van der Waals surface area contributed by atoms with E-state index in [1.54, 1.807) is 23.2 Å². The SMILES string of the molecule is Cc1cccc(Nc2ncnc3cc4c(cc23)n(C)c(=O)n4C)c1.Cl. The largest absolute Gasteiger partial charge is 0.340 e. The van der Waals surface area contributed by atoms with E-state index < -0.39 is 0 Å². The quantitative estimate of drug-likeness (QED) is 0.599. The fourth-order valence-corrected chi connectivity index (χ4v) is 3.01. The molecule has 0 spiro atoms. The fourth-order valence-electron chi connectivity index (χ4n) is 3.01. The molecule has 7 heteroatoms. The molecule has 0 saturated carbocycles. The van der Waals surface area contributed by atoms with Crippen molar-refractivity contribution in [3.63, 3.8) is 0 Å². The van der Waals surface area contributed by atoms with E-state index in [-0.39, 0.29) is 18.1 Å². The zero-order valence-corrected chi connectivity index (χ0v) is 15.0. The van der Waals surface area contributed by atoms with Crippen LogP contribution in [0, 0.1) is 6.92 Å². The minimum Gasteiger partial charge on any atom is -0.340 e. The zero-order chi connectivity index (χ0) is 16.8. The molecular weight excluding hydrogens is 338 g/mol. The summed E-state index contributed by atoms with van der Waals surface area (Å²) in [6.45, 7) is 2.05. The number of aromatic nitrogens is 4. The number of aryl methyl sites for hydroxylation is 3. The summed E-state index contributed by atoms with van der Waals surface area (Å²) < 4.78 is 3.27. The summed E-state index contributed by atoms with van der Waals surface area (Å²) in [5, 5.41) is 4.23. The van der Waals surface area contributed by atoms with Gasteiger partial charge in [-0.25, -0.2) is 14.8 Å². The Hall–Kier alpha value is -2.86. The van der Waals surface area contributed by atoms with Crippen LogP contribution in [0.4, 0.5) is 11.5 Å². The first kappa shape index (κ1) is 17.0. The Bertz CT molecular complexity index is 1150. The number of nitrogens with zero attached hydrogens (tertiary/aromatic N) is 4. The summed E-state index contributed by atoms with van der Waals surface area (Å²) >= 11 is 0. The van der Waals surface area contributed by atoms with Gasteiger partial charge in [0, 0.05) is 25.2 Å². The van der Waals surface area contributed by atoms with Crippen molar-refractivity contribution < 1.29 is 0 Å². The third-order valence-electron chi connectivity index (χ3n) is 4.31. The van der Waals surface area contributed by atoms with E-state index in [0.717, 1.165) is 33.4 Å². The average Bonchev–Trinajstić information content (AvgIpc) is 2.78. The van der Waals surface area contributed by atoms with Crippen LogP contribution in [0.2, 0.25) is 0 Å². The third-order valence-corrected chi connectivity index (χ3v) is 4.31. The molecule has 0 aliphatic heterocycles. The Morgan fingerprint density at radius 1 is 1.00 bits per heavy atom. The highest BCUT2D eigenvalue weighted by molar-refractivity contribution is 5.99. The van der Waals surface area contributed by atoms with Crippen molar-refractivity contribution in [2.45, 2.75) is 6.92 Å². The predicted molar refractivity (Wildman–Crippen MR) is 103 cm³/mol. The second kappa shape index (κ2) is 6.22. The van der Waals surface area contributed by atoms with Crippen LogP contribution in [-0.4, -0.2) is 19.1 Å². The molecule has 0 unspecified atom stereocenters. The molecule has 4 rings (SSSR count). The van der Waals surface area contributed by atoms with Crippen LogP contribution in [0.15, 0.2) is 47.5 Å². The van der Waals surface area contributed by atoms with Crippen LogP contribution in [0.5, 0.6) is 0 Å². The summed E-state index contributed by atoms with van der Waals surface area (Å²) in [5.74, 6) is 0.726. The maximum Gasteiger partial charge on any atom is 0.328 e. The molecule has 0 bridgehead atoms. The van der Waals surface area contributed by atoms with E-state index >= 15 is 0 Å². The number of hydrogen-bond donors (Lipinski definition) is 1. The molecule has 6 nitrogen and oxygen atoms in total. The van der Waals surface area contributed by atoms with Crippen LogP contribution in [-0.2, 0) is 14.1 Å². The van der Waals surface area contributed by atoms with Crippen LogP contribution >= 0.6 is 12.4 Å². The first-order chi connectivity index (χ1) is 11.5. The van der Waals surface area contributed by atoms with Gasteiger partial charge in [0.1, 0.15) is 12.1 Å². The van der Waals surface area contributed by atoms with Crippen LogP contribution in [0.3, 0.4) is 0 Å². The molecule has 4 aromatic rings. The highest BCUT2D eigenvalue weighted by Crippen LogP contribution is 2.27. The summed E-state index contributed by atoms with van der Waals surface area (Å²) in [4.78, 5) is 20.9. The lowest BCUT2D eigenvalue weighted by atomic mass is 10.2. The molecule has 0 atom stereocenters. The van der Waals surface area contributed by atoms with Gasteiger partial charge in [-0.05, 0) is 36.8 Å². The van der Waals surface area contributed by atoms with E-state index in [0.29, 0.717) is 0 Å². The fraction of sp³-hybridized carbons (Fsp3) is 0.167. The van der Waals surface area contributed by atoms with Gasteiger partial charge in [-0.2, -0.15) is 0 Å². The van der Waals surface area contributed by atoms with Gasteiger partial charge in [0.2, 0.25) is 0 Å². The summed E-state index contributed by atoms with van der Waals surface area (Å²) in [6, 6.07) is 12.0. The number of halogens is 1. The molecule has 25 heavy (non-hydrogen) atoms. The third kappa shape index (κ3) is 2.74. The molecule has 2 aromatic heterocycles. The van der Waals surface area contributed by atoms with E-state index in [2.05, 4.69) is 21.4 Å². The van der Waals surface area contributed by atoms with Gasteiger partial charge in [-0.3, -0.25) is 9.13 Å². The summed E-state index contributed by atoms with van der Waals surface area (Å²) in [7, 11) is 3.54. The van der Waals surface area contributed by atoms with Crippen molar-refractivity contribution in [2.24, 2.45) is 14.1 Å². The minimum atomic E-state index is -0.0542. The Labute approximate surface area is 150 Å². The van der Waals surface area contributed by atoms with E-state index in [1.165, 1.54) is 11.9 Å². The predicted octanol–water partition coefficient (Wildman–Crippen LogP) is 3.29. The summed E-state index contributed by atoms with van der Waals surface area (Å²) in [6.07, 6.45) is 1.54. The van der Waals surface area contributed by atoms with Gasteiger partial charge in [0.25, 0.3) is 0 Å². The number of hydrogen-bond acceptors (Lipinski definition) is 4. The van der Waals surface area contributed by atoms with Crippen molar-refractivity contribution in [1.82, 2.24) is 19.1 Å². The van der Waals surface area contributed by atoms with Crippen molar-refractivity contribution >= 4 is 45.8 Å². The Morgan fingerprint density at radius 3 is 2.44 bits per heavy atom. The Balaban J connectivity index is 0.00000182. The van der Waals surface area contributed by atoms with Crippen LogP contribution in [0.1, 0.15) is 5.56 Å². The highest BCUT2D eigenvalue weighted by Gasteiger charge is 2.12. The van der Waals surface area contributed by atoms with Gasteiger partial charge in [0.05, 0.1) is 16.6 Å². The average molecular weight is 356 g/mol. The molecule has 0 saturated heterocycles. The lowest BCUT2D eigenvalue weighted by Gasteiger charge is -2.09. The molecule has 1 N–H and O–H groups in total. The molecule has 2 heterocycles. The van der Waals surface area contributed by atoms with Crippen LogP contribution in [0.25, 0.3) is 21.9 Å². The monoisotopic (exact) mass is 355 g/mol. The first-order valence-electron chi connectivity index (χ1n) is 7.68. The molecule has 0 aliphatic carbocycles. The smallest absolute Gasteiger partial charge is 0.328 e. The molecule has 0 amide bonds. The lowest BCUT2D eigenvalue weighted by molar-refractivity contribution is 0.795. The Morgan fingerprint density at radius 2 is 1.72 bits per heavy atom. The van der Waals surface area contributed by atoms with Crippen molar-refractivity contribution in [3.05, 3.63) is 58.8 Å². The molecule has 0 fully saturated rings. The van der Waals surface area contributed by atoms with Gasteiger partial charge >= 0.3 is 5.69 Å². The number of benzene rings is 2. The number of rotatable bonds is 2. The van der Waals surface area contributed by atoms with Gasteiger partial charge in [0.15, 0.2) is 0 Å². The molecule has 0 aliphatic rings. The second-order valence-corrected chi connectivity index (χ2v) is 5.98. The maximum atomic E-state index is 12.2. The van der Waals surface area contributed by atoms with Gasteiger partial charge in [-0.1, -0.05) is 12.1 Å². The Kier molecular flexibility index (Phi) is 4.22. The van der Waals surface area contributed by atoms with Crippen LogP contribution < -0.4 is 11.0 Å². The maximum absolute atomic E-state index is 12.2. The number of fused-ring (bicyclic) bond motifs is 2. The normalized spacial score (nSPS) is 10.8. The summed E-state index contributed by atoms with van der Waals surface area (Å²) in [5.41, 5.74) is 4.60. The highest BCUT2D eigenvalue weighted by atomic mass is 35.5. The van der Waals surface area contributed by atoms with Gasteiger partial charge in [-0.15, -0.1) is 12.4 Å². The van der Waals surface area contributed by atoms with E-state index in [9.17, 15) is 4.79 Å². The topological polar surface area (TPSA) is 64.7 Å². The molecule has 0 radical (unpaired) electrons.